The second-order valence-electron chi connectivity index (χ2n) is 4.43. The monoisotopic (exact) mass is 232 g/mol. The summed E-state index contributed by atoms with van der Waals surface area (Å²) in [5.74, 6) is -1.02. The Balaban J connectivity index is 2.77. The van der Waals surface area contributed by atoms with Crippen molar-refractivity contribution in [3.63, 3.8) is 0 Å². The number of benzene rings is 1. The Labute approximate surface area is 99.4 Å². The van der Waals surface area contributed by atoms with E-state index < -0.39 is 12.0 Å². The Morgan fingerprint density at radius 1 is 1.29 bits per heavy atom. The smallest absolute Gasteiger partial charge is 0.326 e. The SMILES string of the molecule is Cc1ccc(C)c2c(C)c(C(N)C(=O)O)[nH]c12. The van der Waals surface area contributed by atoms with Gasteiger partial charge in [-0.25, -0.2) is 0 Å². The number of hydrogen-bond donors (Lipinski definition) is 3. The summed E-state index contributed by atoms with van der Waals surface area (Å²) in [7, 11) is 0. The molecule has 0 radical (unpaired) electrons. The van der Waals surface area contributed by atoms with Crippen LogP contribution in [0.15, 0.2) is 12.1 Å². The van der Waals surface area contributed by atoms with Gasteiger partial charge in [0.15, 0.2) is 0 Å². The van der Waals surface area contributed by atoms with Gasteiger partial charge >= 0.3 is 5.97 Å². The van der Waals surface area contributed by atoms with E-state index in [1.165, 1.54) is 0 Å². The van der Waals surface area contributed by atoms with Crippen molar-refractivity contribution in [3.8, 4) is 0 Å². The maximum atomic E-state index is 11.0. The van der Waals surface area contributed by atoms with Crippen LogP contribution in [0.4, 0.5) is 0 Å². The van der Waals surface area contributed by atoms with Crippen LogP contribution >= 0.6 is 0 Å². The fraction of sp³-hybridized carbons (Fsp3) is 0.308. The number of carboxylic acid groups (broad SMARTS) is 1. The summed E-state index contributed by atoms with van der Waals surface area (Å²) in [6, 6.07) is 3.05. The number of nitrogens with two attached hydrogens (primary N) is 1. The number of hydrogen-bond acceptors (Lipinski definition) is 2. The molecule has 1 heterocycles. The summed E-state index contributed by atoms with van der Waals surface area (Å²) in [6.07, 6.45) is 0. The van der Waals surface area contributed by atoms with Crippen LogP contribution in [-0.4, -0.2) is 16.1 Å². The summed E-state index contributed by atoms with van der Waals surface area (Å²) in [6.45, 7) is 5.91. The average Bonchev–Trinajstić information content (AvgIpc) is 2.62. The highest BCUT2D eigenvalue weighted by Gasteiger charge is 2.21. The summed E-state index contributed by atoms with van der Waals surface area (Å²) in [5, 5.41) is 10.1. The Morgan fingerprint density at radius 3 is 2.41 bits per heavy atom. The van der Waals surface area contributed by atoms with E-state index >= 15 is 0 Å². The maximum Gasteiger partial charge on any atom is 0.326 e. The van der Waals surface area contributed by atoms with Crippen LogP contribution in [-0.2, 0) is 4.79 Å². The fourth-order valence-electron chi connectivity index (χ4n) is 2.25. The predicted octanol–water partition coefficient (Wildman–Crippen LogP) is 2.18. The van der Waals surface area contributed by atoms with E-state index in [1.54, 1.807) is 0 Å². The van der Waals surface area contributed by atoms with Crippen molar-refractivity contribution in [1.82, 2.24) is 4.98 Å². The molecule has 4 nitrogen and oxygen atoms in total. The van der Waals surface area contributed by atoms with Gasteiger partial charge in [-0.2, -0.15) is 0 Å². The molecular weight excluding hydrogens is 216 g/mol. The van der Waals surface area contributed by atoms with Crippen molar-refractivity contribution in [2.45, 2.75) is 26.8 Å². The third-order valence-corrected chi connectivity index (χ3v) is 3.24. The van der Waals surface area contributed by atoms with Crippen LogP contribution in [0.3, 0.4) is 0 Å². The molecule has 4 heteroatoms. The highest BCUT2D eigenvalue weighted by Crippen LogP contribution is 2.29. The molecule has 0 bridgehead atoms. The number of carbonyl (C=O) groups is 1. The molecule has 0 aliphatic heterocycles. The molecule has 0 saturated heterocycles. The zero-order valence-electron chi connectivity index (χ0n) is 10.2. The summed E-state index contributed by atoms with van der Waals surface area (Å²) < 4.78 is 0. The van der Waals surface area contributed by atoms with Crippen LogP contribution in [0.25, 0.3) is 10.9 Å². The minimum atomic E-state index is -1.02. The number of aliphatic carboxylic acids is 1. The van der Waals surface area contributed by atoms with Gasteiger partial charge in [-0.05, 0) is 37.5 Å². The van der Waals surface area contributed by atoms with Crippen LogP contribution < -0.4 is 5.73 Å². The van der Waals surface area contributed by atoms with E-state index in [-0.39, 0.29) is 0 Å². The molecule has 1 unspecified atom stereocenters. The van der Waals surface area contributed by atoms with Crippen molar-refractivity contribution >= 4 is 16.9 Å². The zero-order chi connectivity index (χ0) is 12.7. The largest absolute Gasteiger partial charge is 0.480 e. The third kappa shape index (κ3) is 1.70. The highest BCUT2D eigenvalue weighted by molar-refractivity contribution is 5.91. The van der Waals surface area contributed by atoms with Crippen molar-refractivity contribution in [2.24, 2.45) is 5.73 Å². The molecule has 0 amide bonds. The fourth-order valence-corrected chi connectivity index (χ4v) is 2.25. The lowest BCUT2D eigenvalue weighted by Gasteiger charge is -2.05. The number of nitrogens with one attached hydrogen (secondary N) is 1. The first kappa shape index (κ1) is 11.7. The van der Waals surface area contributed by atoms with Gasteiger partial charge in [-0.15, -0.1) is 0 Å². The van der Waals surface area contributed by atoms with Gasteiger partial charge < -0.3 is 15.8 Å². The second kappa shape index (κ2) is 3.89. The highest BCUT2D eigenvalue weighted by atomic mass is 16.4. The normalized spacial score (nSPS) is 12.9. The second-order valence-corrected chi connectivity index (χ2v) is 4.43. The lowest BCUT2D eigenvalue weighted by Crippen LogP contribution is -2.21. The van der Waals surface area contributed by atoms with E-state index in [0.29, 0.717) is 5.69 Å². The summed E-state index contributed by atoms with van der Waals surface area (Å²) in [4.78, 5) is 14.1. The van der Waals surface area contributed by atoms with Crippen molar-refractivity contribution < 1.29 is 9.90 Å². The molecule has 2 aromatic rings. The van der Waals surface area contributed by atoms with Gasteiger partial charge in [0, 0.05) is 16.6 Å². The van der Waals surface area contributed by atoms with E-state index in [4.69, 9.17) is 10.8 Å². The number of aromatic nitrogens is 1. The molecular formula is C13H16N2O2. The lowest BCUT2D eigenvalue weighted by molar-refractivity contribution is -0.138. The van der Waals surface area contributed by atoms with Gasteiger partial charge in [0.2, 0.25) is 0 Å². The molecule has 0 spiro atoms. The molecule has 0 aliphatic rings. The van der Waals surface area contributed by atoms with Crippen LogP contribution in [0, 0.1) is 20.8 Å². The Bertz CT molecular complexity index is 599. The van der Waals surface area contributed by atoms with Crippen molar-refractivity contribution in [2.75, 3.05) is 0 Å². The van der Waals surface area contributed by atoms with Gasteiger partial charge in [0.1, 0.15) is 6.04 Å². The first-order chi connectivity index (χ1) is 7.93. The molecule has 2 rings (SSSR count). The zero-order valence-corrected chi connectivity index (χ0v) is 10.2. The molecule has 17 heavy (non-hydrogen) atoms. The molecule has 4 N–H and O–H groups in total. The molecule has 1 aromatic carbocycles. The Hall–Kier alpha value is -1.81. The molecule has 0 fully saturated rings. The topological polar surface area (TPSA) is 79.1 Å². The molecule has 0 aliphatic carbocycles. The van der Waals surface area contributed by atoms with Crippen LogP contribution in [0.2, 0.25) is 0 Å². The van der Waals surface area contributed by atoms with Crippen LogP contribution in [0.5, 0.6) is 0 Å². The van der Waals surface area contributed by atoms with E-state index in [0.717, 1.165) is 27.6 Å². The van der Waals surface area contributed by atoms with Crippen LogP contribution in [0.1, 0.15) is 28.4 Å². The van der Waals surface area contributed by atoms with E-state index in [1.807, 2.05) is 32.9 Å². The number of carboxylic acids is 1. The lowest BCUT2D eigenvalue weighted by atomic mass is 10.0. The molecule has 90 valence electrons. The summed E-state index contributed by atoms with van der Waals surface area (Å²) >= 11 is 0. The molecule has 1 atom stereocenters. The number of aromatic amines is 1. The number of H-pyrrole nitrogens is 1. The van der Waals surface area contributed by atoms with Gasteiger partial charge in [-0.1, -0.05) is 12.1 Å². The molecule has 1 aromatic heterocycles. The van der Waals surface area contributed by atoms with Gasteiger partial charge in [-0.3, -0.25) is 4.79 Å². The minimum absolute atomic E-state index is 0.588. The number of fused-ring (bicyclic) bond motifs is 1. The average molecular weight is 232 g/mol. The number of rotatable bonds is 2. The standard InChI is InChI=1S/C13H16N2O2/c1-6-4-5-7(2)11-9(6)8(3)12(15-11)10(14)13(16)17/h4-5,10,15H,14H2,1-3H3,(H,16,17). The Morgan fingerprint density at radius 2 is 1.88 bits per heavy atom. The Kier molecular flexibility index (Phi) is 2.67. The van der Waals surface area contributed by atoms with Gasteiger partial charge in [0.05, 0.1) is 0 Å². The predicted molar refractivity (Wildman–Crippen MR) is 67.1 cm³/mol. The van der Waals surface area contributed by atoms with E-state index in [2.05, 4.69) is 4.98 Å². The van der Waals surface area contributed by atoms with E-state index in [9.17, 15) is 4.79 Å². The third-order valence-electron chi connectivity index (χ3n) is 3.24. The van der Waals surface area contributed by atoms with Crippen molar-refractivity contribution in [1.29, 1.82) is 0 Å². The summed E-state index contributed by atoms with van der Waals surface area (Å²) in [5.41, 5.74) is 10.4. The van der Waals surface area contributed by atoms with Crippen molar-refractivity contribution in [3.05, 3.63) is 34.5 Å². The first-order valence-corrected chi connectivity index (χ1v) is 5.50. The quantitative estimate of drug-likeness (QED) is 0.742. The minimum Gasteiger partial charge on any atom is -0.480 e. The van der Waals surface area contributed by atoms with Gasteiger partial charge in [0.25, 0.3) is 0 Å². The first-order valence-electron chi connectivity index (χ1n) is 5.50. The number of aryl methyl sites for hydroxylation is 3. The molecule has 0 saturated carbocycles. The maximum absolute atomic E-state index is 11.0.